The van der Waals surface area contributed by atoms with Gasteiger partial charge in [-0.25, -0.2) is 13.8 Å². The van der Waals surface area contributed by atoms with Gasteiger partial charge in [-0.15, -0.1) is 11.3 Å². The molecular formula is C14H13F2N3OS. The molecule has 7 heteroatoms. The van der Waals surface area contributed by atoms with Gasteiger partial charge in [0.2, 0.25) is 0 Å². The second-order valence-electron chi connectivity index (χ2n) is 4.90. The topological polar surface area (TPSA) is 68.0 Å². The first-order chi connectivity index (χ1) is 10.0. The number of aromatic nitrogens is 1. The van der Waals surface area contributed by atoms with Crippen LogP contribution in [0.15, 0.2) is 12.1 Å². The highest BCUT2D eigenvalue weighted by Crippen LogP contribution is 2.30. The van der Waals surface area contributed by atoms with E-state index in [0.717, 1.165) is 42.3 Å². The third-order valence-corrected chi connectivity index (χ3v) is 4.47. The first kappa shape index (κ1) is 13.9. The van der Waals surface area contributed by atoms with E-state index in [0.29, 0.717) is 11.2 Å². The number of anilines is 2. The molecule has 1 amide bonds. The van der Waals surface area contributed by atoms with Crippen molar-refractivity contribution in [1.82, 2.24) is 4.98 Å². The zero-order valence-corrected chi connectivity index (χ0v) is 11.9. The second kappa shape index (κ2) is 5.40. The van der Waals surface area contributed by atoms with Crippen molar-refractivity contribution in [1.29, 1.82) is 0 Å². The molecule has 1 aromatic carbocycles. The summed E-state index contributed by atoms with van der Waals surface area (Å²) in [4.78, 5) is 17.6. The number of hydrogen-bond donors (Lipinski definition) is 2. The molecule has 2 aromatic rings. The van der Waals surface area contributed by atoms with Crippen molar-refractivity contribution < 1.29 is 13.6 Å². The number of rotatable bonds is 2. The van der Waals surface area contributed by atoms with E-state index in [1.54, 1.807) is 0 Å². The van der Waals surface area contributed by atoms with Gasteiger partial charge in [-0.05, 0) is 31.7 Å². The zero-order chi connectivity index (χ0) is 15.0. The number of fused-ring (bicyclic) bond motifs is 1. The summed E-state index contributed by atoms with van der Waals surface area (Å²) in [6, 6.07) is 1.60. The predicted octanol–water partition coefficient (Wildman–Crippen LogP) is 3.13. The molecule has 1 aliphatic carbocycles. The maximum atomic E-state index is 13.6. The van der Waals surface area contributed by atoms with Crippen LogP contribution >= 0.6 is 11.3 Å². The largest absolute Gasteiger partial charge is 0.396 e. The van der Waals surface area contributed by atoms with Crippen molar-refractivity contribution in [3.8, 4) is 0 Å². The molecule has 0 spiro atoms. The van der Waals surface area contributed by atoms with Crippen LogP contribution in [0.2, 0.25) is 0 Å². The van der Waals surface area contributed by atoms with Crippen molar-refractivity contribution in [3.63, 3.8) is 0 Å². The van der Waals surface area contributed by atoms with Crippen LogP contribution in [-0.4, -0.2) is 10.9 Å². The molecule has 0 bridgehead atoms. The molecule has 1 heterocycles. The summed E-state index contributed by atoms with van der Waals surface area (Å²) in [7, 11) is 0. The molecule has 0 aliphatic heterocycles. The molecule has 3 N–H and O–H groups in total. The summed E-state index contributed by atoms with van der Waals surface area (Å²) in [6.45, 7) is 0. The number of carbonyl (C=O) groups is 1. The fourth-order valence-corrected chi connectivity index (χ4v) is 3.35. The van der Waals surface area contributed by atoms with E-state index in [4.69, 9.17) is 5.73 Å². The number of halogens is 2. The second-order valence-corrected chi connectivity index (χ2v) is 5.99. The Morgan fingerprint density at radius 3 is 2.76 bits per heavy atom. The molecule has 3 rings (SSSR count). The highest BCUT2D eigenvalue weighted by Gasteiger charge is 2.19. The van der Waals surface area contributed by atoms with E-state index in [-0.39, 0.29) is 11.3 Å². The Hall–Kier alpha value is -2.02. The molecule has 0 saturated heterocycles. The Morgan fingerprint density at radius 2 is 2.00 bits per heavy atom. The smallest absolute Gasteiger partial charge is 0.260 e. The van der Waals surface area contributed by atoms with E-state index in [1.807, 2.05) is 0 Å². The summed E-state index contributed by atoms with van der Waals surface area (Å²) in [5, 5.41) is 2.99. The summed E-state index contributed by atoms with van der Waals surface area (Å²) >= 11 is 1.40. The molecule has 110 valence electrons. The Balaban J connectivity index is 1.83. The summed E-state index contributed by atoms with van der Waals surface area (Å²) < 4.78 is 26.7. The number of nitrogens with one attached hydrogen (secondary N) is 1. The van der Waals surface area contributed by atoms with Gasteiger partial charge in [-0.1, -0.05) is 0 Å². The van der Waals surface area contributed by atoms with Gasteiger partial charge in [-0.2, -0.15) is 0 Å². The monoisotopic (exact) mass is 309 g/mol. The fourth-order valence-electron chi connectivity index (χ4n) is 2.31. The quantitative estimate of drug-likeness (QED) is 0.837. The van der Waals surface area contributed by atoms with Crippen LogP contribution in [0.3, 0.4) is 0 Å². The number of aryl methyl sites for hydroxylation is 2. The molecule has 1 aromatic heterocycles. The third kappa shape index (κ3) is 2.73. The fraction of sp³-hybridized carbons (Fsp3) is 0.286. The SMILES string of the molecule is Nc1cc(C(=O)Nc2nc3c(s2)CCCC3)c(F)cc1F. The van der Waals surface area contributed by atoms with Crippen molar-refractivity contribution in [3.05, 3.63) is 39.9 Å². The van der Waals surface area contributed by atoms with Gasteiger partial charge in [0.25, 0.3) is 5.91 Å². The summed E-state index contributed by atoms with van der Waals surface area (Å²) in [5.74, 6) is -2.50. The van der Waals surface area contributed by atoms with Crippen molar-refractivity contribution in [2.45, 2.75) is 25.7 Å². The minimum Gasteiger partial charge on any atom is -0.396 e. The molecule has 0 saturated carbocycles. The lowest BCUT2D eigenvalue weighted by atomic mass is 10.0. The van der Waals surface area contributed by atoms with E-state index >= 15 is 0 Å². The van der Waals surface area contributed by atoms with Crippen LogP contribution in [-0.2, 0) is 12.8 Å². The van der Waals surface area contributed by atoms with Gasteiger partial charge >= 0.3 is 0 Å². The van der Waals surface area contributed by atoms with Crippen molar-refractivity contribution >= 4 is 28.1 Å². The van der Waals surface area contributed by atoms with Crippen LogP contribution in [0.4, 0.5) is 19.6 Å². The van der Waals surface area contributed by atoms with E-state index in [2.05, 4.69) is 10.3 Å². The molecule has 4 nitrogen and oxygen atoms in total. The maximum Gasteiger partial charge on any atom is 0.260 e. The molecule has 0 atom stereocenters. The standard InChI is InChI=1S/C14H13F2N3OS/c15-8-6-9(16)10(17)5-7(8)13(20)19-14-18-11-3-1-2-4-12(11)21-14/h5-6H,1-4,17H2,(H,18,19,20). The molecule has 1 aliphatic rings. The number of nitrogen functional groups attached to an aromatic ring is 1. The minimum atomic E-state index is -0.944. The van der Waals surface area contributed by atoms with Crippen LogP contribution in [0.25, 0.3) is 0 Å². The van der Waals surface area contributed by atoms with Crippen LogP contribution in [0.5, 0.6) is 0 Å². The summed E-state index contributed by atoms with van der Waals surface area (Å²) in [6.07, 6.45) is 4.07. The molecule has 0 fully saturated rings. The molecule has 0 radical (unpaired) electrons. The zero-order valence-electron chi connectivity index (χ0n) is 11.1. The van der Waals surface area contributed by atoms with Crippen LogP contribution in [0.1, 0.15) is 33.8 Å². The average Bonchev–Trinajstić information content (AvgIpc) is 2.84. The van der Waals surface area contributed by atoms with Crippen molar-refractivity contribution in [2.24, 2.45) is 0 Å². The van der Waals surface area contributed by atoms with Crippen LogP contribution in [0, 0.1) is 11.6 Å². The lowest BCUT2D eigenvalue weighted by Crippen LogP contribution is -2.14. The van der Waals surface area contributed by atoms with Crippen molar-refractivity contribution in [2.75, 3.05) is 11.1 Å². The van der Waals surface area contributed by atoms with Crippen LogP contribution < -0.4 is 11.1 Å². The van der Waals surface area contributed by atoms with E-state index in [1.165, 1.54) is 11.3 Å². The lowest BCUT2D eigenvalue weighted by Gasteiger charge is -2.06. The first-order valence-corrected chi connectivity index (χ1v) is 7.40. The predicted molar refractivity (Wildman–Crippen MR) is 77.5 cm³/mol. The lowest BCUT2D eigenvalue weighted by molar-refractivity contribution is 0.102. The average molecular weight is 309 g/mol. The Labute approximate surface area is 124 Å². The number of thiazole rings is 1. The van der Waals surface area contributed by atoms with E-state index < -0.39 is 17.5 Å². The number of nitrogens with two attached hydrogens (primary N) is 1. The third-order valence-electron chi connectivity index (χ3n) is 3.40. The Bertz CT molecular complexity index is 691. The Kier molecular flexibility index (Phi) is 3.59. The number of benzene rings is 1. The molecule has 21 heavy (non-hydrogen) atoms. The number of hydrogen-bond acceptors (Lipinski definition) is 4. The first-order valence-electron chi connectivity index (χ1n) is 6.59. The highest BCUT2D eigenvalue weighted by molar-refractivity contribution is 7.15. The summed E-state index contributed by atoms with van der Waals surface area (Å²) in [5.41, 5.74) is 5.81. The van der Waals surface area contributed by atoms with Gasteiger partial charge in [0.1, 0.15) is 11.6 Å². The van der Waals surface area contributed by atoms with Gasteiger partial charge < -0.3 is 5.73 Å². The molecular weight excluding hydrogens is 296 g/mol. The molecule has 0 unspecified atom stereocenters. The van der Waals surface area contributed by atoms with Gasteiger partial charge in [0, 0.05) is 10.9 Å². The van der Waals surface area contributed by atoms with E-state index in [9.17, 15) is 13.6 Å². The normalized spacial score (nSPS) is 13.8. The van der Waals surface area contributed by atoms with Gasteiger partial charge in [-0.3, -0.25) is 10.1 Å². The maximum absolute atomic E-state index is 13.6. The minimum absolute atomic E-state index is 0.264. The number of nitrogens with zero attached hydrogens (tertiary/aromatic N) is 1. The Morgan fingerprint density at radius 1 is 1.24 bits per heavy atom. The number of carbonyl (C=O) groups excluding carboxylic acids is 1. The number of amides is 1. The van der Waals surface area contributed by atoms with Gasteiger partial charge in [0.05, 0.1) is 16.9 Å². The van der Waals surface area contributed by atoms with Gasteiger partial charge in [0.15, 0.2) is 5.13 Å². The highest BCUT2D eigenvalue weighted by atomic mass is 32.1.